The van der Waals surface area contributed by atoms with Gasteiger partial charge >= 0.3 is 11.9 Å². The van der Waals surface area contributed by atoms with Crippen LogP contribution in [0.15, 0.2) is 59.3 Å². The number of amides is 2. The summed E-state index contributed by atoms with van der Waals surface area (Å²) in [5.74, 6) is -3.08. The molecule has 2 aromatic rings. The van der Waals surface area contributed by atoms with Crippen LogP contribution in [0.5, 0.6) is 0 Å². The summed E-state index contributed by atoms with van der Waals surface area (Å²) in [6.07, 6.45) is 1.61. The van der Waals surface area contributed by atoms with E-state index in [9.17, 15) is 19.2 Å². The Hall–Kier alpha value is -3.65. The first kappa shape index (κ1) is 22.0. The molecule has 2 N–H and O–H groups in total. The van der Waals surface area contributed by atoms with Crippen LogP contribution in [0, 0.1) is 0 Å². The van der Waals surface area contributed by atoms with E-state index in [1.54, 1.807) is 0 Å². The fourth-order valence-electron chi connectivity index (χ4n) is 2.85. The van der Waals surface area contributed by atoms with Crippen LogP contribution in [0.3, 0.4) is 0 Å². The molecular formula is C22H19ClN2O6. The van der Waals surface area contributed by atoms with Crippen molar-refractivity contribution in [3.63, 3.8) is 0 Å². The smallest absolute Gasteiger partial charge is 0.338 e. The molecule has 8 nitrogen and oxygen atoms in total. The molecule has 160 valence electrons. The van der Waals surface area contributed by atoms with Gasteiger partial charge in [0.05, 0.1) is 23.4 Å². The third-order valence-electron chi connectivity index (χ3n) is 4.50. The maximum Gasteiger partial charge on any atom is 0.338 e. The molecule has 2 aromatic carbocycles. The highest BCUT2D eigenvalue weighted by Gasteiger charge is 2.39. The highest BCUT2D eigenvalue weighted by molar-refractivity contribution is 6.53. The summed E-state index contributed by atoms with van der Waals surface area (Å²) in [5.41, 5.74) is 0.691. The van der Waals surface area contributed by atoms with Crippen molar-refractivity contribution in [2.24, 2.45) is 0 Å². The molecule has 2 amide bonds. The van der Waals surface area contributed by atoms with Gasteiger partial charge in [0, 0.05) is 5.69 Å². The minimum Gasteiger partial charge on any atom is -0.478 e. The molecule has 0 fully saturated rings. The molecule has 0 unspecified atom stereocenters. The average molecular weight is 443 g/mol. The van der Waals surface area contributed by atoms with Gasteiger partial charge in [-0.15, -0.1) is 0 Å². The number of esters is 1. The lowest BCUT2D eigenvalue weighted by atomic mass is 10.2. The fourth-order valence-corrected chi connectivity index (χ4v) is 3.06. The van der Waals surface area contributed by atoms with Crippen LogP contribution >= 0.6 is 11.6 Å². The predicted octanol–water partition coefficient (Wildman–Crippen LogP) is 3.78. The number of rotatable bonds is 8. The topological polar surface area (TPSA) is 113 Å². The van der Waals surface area contributed by atoms with Gasteiger partial charge in [-0.1, -0.05) is 31.0 Å². The number of aromatic carboxylic acids is 1. The third-order valence-corrected chi connectivity index (χ3v) is 4.85. The van der Waals surface area contributed by atoms with E-state index in [2.05, 4.69) is 5.32 Å². The summed E-state index contributed by atoms with van der Waals surface area (Å²) in [6, 6.07) is 11.6. The summed E-state index contributed by atoms with van der Waals surface area (Å²) in [6.45, 7) is 2.26. The first-order valence-electron chi connectivity index (χ1n) is 9.49. The van der Waals surface area contributed by atoms with Crippen LogP contribution in [-0.2, 0) is 14.3 Å². The molecule has 0 aromatic heterocycles. The number of carboxylic acids is 1. The molecule has 0 aliphatic carbocycles. The summed E-state index contributed by atoms with van der Waals surface area (Å²) in [4.78, 5) is 49.5. The summed E-state index contributed by atoms with van der Waals surface area (Å²) < 4.78 is 5.17. The number of anilines is 2. The van der Waals surface area contributed by atoms with Crippen molar-refractivity contribution in [3.05, 3.63) is 70.4 Å². The van der Waals surface area contributed by atoms with Gasteiger partial charge in [0.2, 0.25) is 0 Å². The zero-order valence-electron chi connectivity index (χ0n) is 16.6. The van der Waals surface area contributed by atoms with Gasteiger partial charge in [0.1, 0.15) is 10.7 Å². The van der Waals surface area contributed by atoms with Gasteiger partial charge in [-0.3, -0.25) is 9.59 Å². The number of halogens is 1. The van der Waals surface area contributed by atoms with Gasteiger partial charge < -0.3 is 15.2 Å². The number of carboxylic acid groups (broad SMARTS) is 1. The van der Waals surface area contributed by atoms with Crippen molar-refractivity contribution in [1.82, 2.24) is 0 Å². The average Bonchev–Trinajstić information content (AvgIpc) is 2.97. The van der Waals surface area contributed by atoms with E-state index in [4.69, 9.17) is 21.4 Å². The van der Waals surface area contributed by atoms with Gasteiger partial charge in [-0.2, -0.15) is 0 Å². The minimum absolute atomic E-state index is 0.0729. The number of hydrogen-bond acceptors (Lipinski definition) is 6. The number of carbonyl (C=O) groups is 4. The number of nitrogens with one attached hydrogen (secondary N) is 1. The Bertz CT molecular complexity index is 1080. The molecule has 0 radical (unpaired) electrons. The Kier molecular flexibility index (Phi) is 6.71. The molecule has 31 heavy (non-hydrogen) atoms. The molecule has 0 atom stereocenters. The fraction of sp³-hybridized carbons (Fsp3) is 0.182. The second-order valence-corrected chi connectivity index (χ2v) is 7.06. The zero-order chi connectivity index (χ0) is 22.5. The van der Waals surface area contributed by atoms with Crippen molar-refractivity contribution >= 4 is 46.7 Å². The van der Waals surface area contributed by atoms with Crippen molar-refractivity contribution < 1.29 is 29.0 Å². The molecule has 3 rings (SSSR count). The molecule has 0 bridgehead atoms. The summed E-state index contributed by atoms with van der Waals surface area (Å²) in [7, 11) is 0. The van der Waals surface area contributed by atoms with Crippen LogP contribution in [0.2, 0.25) is 0 Å². The van der Waals surface area contributed by atoms with Gasteiger partial charge in [0.15, 0.2) is 0 Å². The Morgan fingerprint density at radius 1 is 1.06 bits per heavy atom. The summed E-state index contributed by atoms with van der Waals surface area (Å²) >= 11 is 6.11. The maximum atomic E-state index is 12.9. The number of benzene rings is 2. The number of ether oxygens (including phenoxy) is 1. The Balaban J connectivity index is 1.80. The van der Waals surface area contributed by atoms with E-state index in [0.29, 0.717) is 5.69 Å². The number of carbonyl (C=O) groups excluding carboxylic acids is 3. The van der Waals surface area contributed by atoms with E-state index in [0.717, 1.165) is 17.7 Å². The van der Waals surface area contributed by atoms with E-state index in [1.807, 2.05) is 6.92 Å². The number of nitrogens with zero attached hydrogens (tertiary/aromatic N) is 1. The minimum atomic E-state index is -1.09. The molecule has 1 aliphatic heterocycles. The molecule has 1 aliphatic rings. The Morgan fingerprint density at radius 3 is 2.42 bits per heavy atom. The maximum absolute atomic E-state index is 12.9. The van der Waals surface area contributed by atoms with E-state index in [1.165, 1.54) is 48.5 Å². The van der Waals surface area contributed by atoms with E-state index in [-0.39, 0.29) is 34.2 Å². The second-order valence-electron chi connectivity index (χ2n) is 6.68. The lowest BCUT2D eigenvalue weighted by Crippen LogP contribution is -2.32. The van der Waals surface area contributed by atoms with Crippen LogP contribution in [0.1, 0.15) is 40.5 Å². The first-order chi connectivity index (χ1) is 14.8. The van der Waals surface area contributed by atoms with Crippen molar-refractivity contribution in [1.29, 1.82) is 0 Å². The lowest BCUT2D eigenvalue weighted by molar-refractivity contribution is -0.120. The van der Waals surface area contributed by atoms with Crippen LogP contribution in [0.25, 0.3) is 0 Å². The van der Waals surface area contributed by atoms with Crippen LogP contribution < -0.4 is 10.2 Å². The quantitative estimate of drug-likeness (QED) is 0.363. The van der Waals surface area contributed by atoms with Gasteiger partial charge in [-0.25, -0.2) is 14.5 Å². The Morgan fingerprint density at radius 2 is 1.77 bits per heavy atom. The van der Waals surface area contributed by atoms with Gasteiger partial charge in [0.25, 0.3) is 11.8 Å². The number of hydrogen-bond donors (Lipinski definition) is 2. The first-order valence-corrected chi connectivity index (χ1v) is 9.87. The highest BCUT2D eigenvalue weighted by atomic mass is 35.5. The number of imide groups is 1. The summed E-state index contributed by atoms with van der Waals surface area (Å²) in [5, 5.41) is 11.4. The zero-order valence-corrected chi connectivity index (χ0v) is 17.3. The second kappa shape index (κ2) is 9.44. The van der Waals surface area contributed by atoms with Crippen molar-refractivity contribution in [2.75, 3.05) is 16.8 Å². The molecule has 9 heteroatoms. The van der Waals surface area contributed by atoms with Crippen molar-refractivity contribution in [3.8, 4) is 0 Å². The van der Waals surface area contributed by atoms with E-state index >= 15 is 0 Å². The normalized spacial score (nSPS) is 13.5. The largest absolute Gasteiger partial charge is 0.478 e. The third kappa shape index (κ3) is 4.75. The standard InChI is InChI=1S/C22H19ClN2O6/c1-2-3-11-31-22(30)14-5-4-6-16(12-14)25-19(26)17(23)18(20(25)27)24-15-9-7-13(8-10-15)21(28)29/h4-10,12,24H,2-3,11H2,1H3,(H,28,29). The van der Waals surface area contributed by atoms with Crippen molar-refractivity contribution in [2.45, 2.75) is 19.8 Å². The molecule has 1 heterocycles. The lowest BCUT2D eigenvalue weighted by Gasteiger charge is -2.16. The Labute approximate surface area is 183 Å². The molecule has 0 spiro atoms. The predicted molar refractivity (Wildman–Crippen MR) is 114 cm³/mol. The molecule has 0 saturated carbocycles. The monoisotopic (exact) mass is 442 g/mol. The van der Waals surface area contributed by atoms with E-state index < -0.39 is 23.8 Å². The number of unbranched alkanes of at least 4 members (excludes halogenated alkanes) is 1. The highest BCUT2D eigenvalue weighted by Crippen LogP contribution is 2.30. The van der Waals surface area contributed by atoms with Crippen LogP contribution in [-0.4, -0.2) is 35.5 Å². The molecule has 0 saturated heterocycles. The van der Waals surface area contributed by atoms with Gasteiger partial charge in [-0.05, 0) is 48.9 Å². The van der Waals surface area contributed by atoms with Crippen LogP contribution in [0.4, 0.5) is 11.4 Å². The SMILES string of the molecule is CCCCOC(=O)c1cccc(N2C(=O)C(Cl)=C(Nc3ccc(C(=O)O)cc3)C2=O)c1. The molecular weight excluding hydrogens is 424 g/mol.